The molecule has 66 heavy (non-hydrogen) atoms. The van der Waals surface area contributed by atoms with E-state index in [1.807, 2.05) is 12.1 Å². The van der Waals surface area contributed by atoms with Crippen molar-refractivity contribution in [1.29, 1.82) is 0 Å². The number of carbonyl (C=O) groups excluding carboxylic acids is 1. The van der Waals surface area contributed by atoms with Gasteiger partial charge in [-0.1, -0.05) is 101 Å². The van der Waals surface area contributed by atoms with Crippen LogP contribution in [0.1, 0.15) is 147 Å². The molecule has 0 spiro atoms. The Labute approximate surface area is 391 Å². The van der Waals surface area contributed by atoms with Gasteiger partial charge in [-0.2, -0.15) is 0 Å². The summed E-state index contributed by atoms with van der Waals surface area (Å²) in [7, 11) is 1.74. The third kappa shape index (κ3) is 13.1. The lowest BCUT2D eigenvalue weighted by Gasteiger charge is -2.59. The average molecular weight is 918 g/mol. The van der Waals surface area contributed by atoms with E-state index < -0.39 is 35.1 Å². The summed E-state index contributed by atoms with van der Waals surface area (Å²) in [6.45, 7) is 7.42. The van der Waals surface area contributed by atoms with Crippen LogP contribution < -0.4 is 9.47 Å². The van der Waals surface area contributed by atoms with Crippen LogP contribution in [0.25, 0.3) is 0 Å². The molecular formula is C52H75N3O11. The number of amides is 1. The van der Waals surface area contributed by atoms with Crippen LogP contribution in [-0.4, -0.2) is 90.0 Å². The van der Waals surface area contributed by atoms with E-state index in [0.29, 0.717) is 55.4 Å². The Morgan fingerprint density at radius 3 is 2.38 bits per heavy atom. The number of allylic oxidation sites excluding steroid dienone is 1. The van der Waals surface area contributed by atoms with Crippen molar-refractivity contribution in [2.24, 2.45) is 22.9 Å². The van der Waals surface area contributed by atoms with E-state index in [1.54, 1.807) is 36.2 Å². The van der Waals surface area contributed by atoms with Gasteiger partial charge in [-0.05, 0) is 86.6 Å². The molecule has 0 radical (unpaired) electrons. The zero-order valence-electron chi connectivity index (χ0n) is 39.5. The highest BCUT2D eigenvalue weighted by Gasteiger charge is 2.65. The average Bonchev–Trinajstić information content (AvgIpc) is 3.33. The molecule has 0 aromatic heterocycles. The number of benzene rings is 2. The van der Waals surface area contributed by atoms with Crippen LogP contribution in [0.3, 0.4) is 0 Å². The summed E-state index contributed by atoms with van der Waals surface area (Å²) >= 11 is 0. The van der Waals surface area contributed by atoms with Gasteiger partial charge in [0.2, 0.25) is 12.1 Å². The van der Waals surface area contributed by atoms with E-state index in [2.05, 4.69) is 19.6 Å². The SMILES string of the molecule is C=CCO[C@@]12Oc3ccc(Oc4cccc([N+](=O)[O-])c4)cc3[C@H]3[C@H](CCCCO)[C@@H](CCCCO)C=C(C(=NOC4CCCCO4)C[C@@H]1N(C)C(=O)OCCCCCCCCCCCC)[C@H]32. The lowest BCUT2D eigenvalue weighted by atomic mass is 9.55. The number of nitro benzene ring substituents is 1. The number of non-ortho nitro benzene ring substituents is 1. The lowest BCUT2D eigenvalue weighted by Crippen LogP contribution is -2.69. The first-order valence-electron chi connectivity index (χ1n) is 24.9. The molecular weight excluding hydrogens is 843 g/mol. The van der Waals surface area contributed by atoms with Crippen LogP contribution in [-0.2, 0) is 19.0 Å². The molecule has 2 fully saturated rings. The summed E-state index contributed by atoms with van der Waals surface area (Å²) in [6, 6.07) is 11.0. The highest BCUT2D eigenvalue weighted by atomic mass is 16.8. The van der Waals surface area contributed by atoms with Crippen molar-refractivity contribution in [3.05, 3.63) is 82.4 Å². The number of ether oxygens (including phenoxy) is 5. The molecule has 1 saturated carbocycles. The van der Waals surface area contributed by atoms with Gasteiger partial charge in [-0.15, -0.1) is 6.58 Å². The van der Waals surface area contributed by atoms with Crippen LogP contribution >= 0.6 is 0 Å². The number of rotatable bonds is 28. The van der Waals surface area contributed by atoms with Crippen molar-refractivity contribution in [1.82, 2.24) is 4.90 Å². The number of carbonyl (C=O) groups is 1. The predicted octanol–water partition coefficient (Wildman–Crippen LogP) is 11.5. The van der Waals surface area contributed by atoms with Crippen LogP contribution in [0.5, 0.6) is 17.2 Å². The summed E-state index contributed by atoms with van der Waals surface area (Å²) in [5, 5.41) is 36.5. The molecule has 2 heterocycles. The second kappa shape index (κ2) is 26.2. The number of aliphatic hydroxyl groups is 2. The van der Waals surface area contributed by atoms with Crippen molar-refractivity contribution >= 4 is 17.5 Å². The van der Waals surface area contributed by atoms with Gasteiger partial charge in [0.05, 0.1) is 42.4 Å². The van der Waals surface area contributed by atoms with Crippen molar-refractivity contribution in [2.75, 3.05) is 40.1 Å². The Hall–Kier alpha value is -4.50. The molecule has 364 valence electrons. The molecule has 4 aliphatic rings. The van der Waals surface area contributed by atoms with Gasteiger partial charge in [0.25, 0.3) is 5.69 Å². The smallest absolute Gasteiger partial charge is 0.409 e. The van der Waals surface area contributed by atoms with E-state index in [1.165, 1.54) is 57.1 Å². The fourth-order valence-electron chi connectivity index (χ4n) is 10.5. The first kappa shape index (κ1) is 50.9. The largest absolute Gasteiger partial charge is 0.459 e. The maximum absolute atomic E-state index is 14.3. The molecule has 14 nitrogen and oxygen atoms in total. The Morgan fingerprint density at radius 2 is 1.68 bits per heavy atom. The number of unbranched alkanes of at least 4 members (excludes halogenated alkanes) is 11. The van der Waals surface area contributed by atoms with E-state index >= 15 is 0 Å². The van der Waals surface area contributed by atoms with Crippen LogP contribution in [0.2, 0.25) is 0 Å². The molecule has 6 rings (SSSR count). The summed E-state index contributed by atoms with van der Waals surface area (Å²) in [6.07, 6.45) is 22.0. The second-order valence-electron chi connectivity index (χ2n) is 18.4. The molecule has 2 aliphatic heterocycles. The zero-order valence-corrected chi connectivity index (χ0v) is 39.5. The first-order valence-corrected chi connectivity index (χ1v) is 24.9. The summed E-state index contributed by atoms with van der Waals surface area (Å²) in [5.74, 6) is -0.824. The highest BCUT2D eigenvalue weighted by Crippen LogP contribution is 2.62. The van der Waals surface area contributed by atoms with E-state index in [0.717, 1.165) is 68.9 Å². The molecule has 1 amide bonds. The molecule has 2 aliphatic carbocycles. The molecule has 0 bridgehead atoms. The number of hydrogen-bond donors (Lipinski definition) is 2. The Bertz CT molecular complexity index is 1920. The van der Waals surface area contributed by atoms with Crippen LogP contribution in [0.15, 0.2) is 71.9 Å². The minimum absolute atomic E-state index is 0.00241. The van der Waals surface area contributed by atoms with E-state index in [9.17, 15) is 25.1 Å². The molecule has 2 aromatic rings. The van der Waals surface area contributed by atoms with Gasteiger partial charge in [-0.25, -0.2) is 4.79 Å². The number of nitro groups is 1. The fraction of sp³-hybridized carbons (Fsp3) is 0.654. The number of oxime groups is 1. The topological polar surface area (TPSA) is 172 Å². The number of hydrogen-bond acceptors (Lipinski definition) is 12. The minimum Gasteiger partial charge on any atom is -0.459 e. The summed E-state index contributed by atoms with van der Waals surface area (Å²) in [4.78, 5) is 33.3. The molecule has 1 unspecified atom stereocenters. The monoisotopic (exact) mass is 918 g/mol. The van der Waals surface area contributed by atoms with Crippen molar-refractivity contribution in [3.63, 3.8) is 0 Å². The van der Waals surface area contributed by atoms with Gasteiger partial charge >= 0.3 is 6.09 Å². The minimum atomic E-state index is -1.43. The van der Waals surface area contributed by atoms with Crippen molar-refractivity contribution in [2.45, 2.75) is 159 Å². The Kier molecular flexibility index (Phi) is 20.2. The normalized spacial score (nSPS) is 24.9. The molecule has 7 atom stereocenters. The second-order valence-corrected chi connectivity index (χ2v) is 18.4. The Balaban J connectivity index is 1.39. The molecule has 1 saturated heterocycles. The summed E-state index contributed by atoms with van der Waals surface area (Å²) in [5.41, 5.74) is 2.37. The lowest BCUT2D eigenvalue weighted by molar-refractivity contribution is -0.384. The Morgan fingerprint density at radius 1 is 0.955 bits per heavy atom. The van der Waals surface area contributed by atoms with Gasteiger partial charge in [0.1, 0.15) is 23.3 Å². The fourth-order valence-corrected chi connectivity index (χ4v) is 10.5. The third-order valence-electron chi connectivity index (χ3n) is 13.8. The third-order valence-corrected chi connectivity index (χ3v) is 13.8. The van der Waals surface area contributed by atoms with Gasteiger partial charge in [0, 0.05) is 50.7 Å². The highest BCUT2D eigenvalue weighted by molar-refractivity contribution is 6.03. The number of fused-ring (bicyclic) bond motifs is 2. The first-order chi connectivity index (χ1) is 32.2. The predicted molar refractivity (Wildman–Crippen MR) is 254 cm³/mol. The number of aliphatic hydroxyl groups excluding tert-OH is 2. The number of likely N-dealkylation sites (N-methyl/N-ethyl adjacent to an activating group) is 1. The van der Waals surface area contributed by atoms with Gasteiger partial charge in [0.15, 0.2) is 0 Å². The van der Waals surface area contributed by atoms with Crippen molar-refractivity contribution < 1.29 is 48.5 Å². The maximum atomic E-state index is 14.3. The van der Waals surface area contributed by atoms with Crippen LogP contribution in [0.4, 0.5) is 10.5 Å². The summed E-state index contributed by atoms with van der Waals surface area (Å²) < 4.78 is 32.6. The van der Waals surface area contributed by atoms with E-state index in [-0.39, 0.29) is 49.7 Å². The van der Waals surface area contributed by atoms with Crippen molar-refractivity contribution in [3.8, 4) is 17.2 Å². The quantitative estimate of drug-likeness (QED) is 0.0360. The molecule has 2 aromatic carbocycles. The van der Waals surface area contributed by atoms with Gasteiger partial charge in [-0.3, -0.25) is 10.1 Å². The standard InChI is InChI=1S/C52H75N3O11/c1-4-6-7-8-9-10-11-12-13-19-33-62-51(58)54(3)47-37-45(53-66-48-26-16-20-32-61-48)43-34-38(22-14-17-29-56)42(25-15-18-30-57)49-44-36-41(64-40-24-21-23-39(35-40)55(59)60)27-28-46(44)65-52(47,50(43)49)63-31-5-2/h5,21,23-24,27-28,34-36,38,42,47-50,56-57H,2,4,6-20,22,25-26,29-33,37H2,1,3H3/t38-,42+,47-,48?,49+,50+,52+/m0/s1. The molecule has 2 N–H and O–H groups in total. The number of nitrogens with zero attached hydrogens (tertiary/aromatic N) is 3. The zero-order chi connectivity index (χ0) is 46.7. The van der Waals surface area contributed by atoms with Crippen LogP contribution in [0, 0.1) is 27.9 Å². The molecule has 14 heteroatoms. The maximum Gasteiger partial charge on any atom is 0.409 e. The van der Waals surface area contributed by atoms with E-state index in [4.69, 9.17) is 33.7 Å². The van der Waals surface area contributed by atoms with Gasteiger partial charge < -0.3 is 43.6 Å².